The van der Waals surface area contributed by atoms with Crippen molar-refractivity contribution in [2.45, 2.75) is 9.92 Å². The maximum absolute atomic E-state index is 12.0. The Labute approximate surface area is 180 Å². The van der Waals surface area contributed by atoms with Gasteiger partial charge in [-0.25, -0.2) is 4.98 Å². The number of para-hydroxylation sites is 1. The molecule has 2 heterocycles. The summed E-state index contributed by atoms with van der Waals surface area (Å²) in [6, 6.07) is 22.7. The number of benzene rings is 3. The van der Waals surface area contributed by atoms with Crippen molar-refractivity contribution in [1.82, 2.24) is 15.0 Å². The molecule has 0 saturated carbocycles. The maximum atomic E-state index is 12.0. The number of nitro groups is 1. The van der Waals surface area contributed by atoms with Crippen molar-refractivity contribution in [3.05, 3.63) is 95.4 Å². The second kappa shape index (κ2) is 8.00. The average molecular weight is 426 g/mol. The van der Waals surface area contributed by atoms with Gasteiger partial charge < -0.3 is 4.74 Å². The highest BCUT2D eigenvalue weighted by Crippen LogP contribution is 2.41. The van der Waals surface area contributed by atoms with Gasteiger partial charge >= 0.3 is 11.6 Å². The number of hydrogen-bond donors (Lipinski definition) is 0. The minimum Gasteiger partial charge on any atom is -0.433 e. The second-order valence-corrected chi connectivity index (χ2v) is 7.63. The molecular weight excluding hydrogens is 412 g/mol. The van der Waals surface area contributed by atoms with Crippen LogP contribution in [0.2, 0.25) is 0 Å². The fourth-order valence-electron chi connectivity index (χ4n) is 3.30. The molecule has 0 saturated heterocycles. The molecule has 0 atom stereocenters. The lowest BCUT2D eigenvalue weighted by atomic mass is 10.1. The quantitative estimate of drug-likeness (QED) is 0.192. The van der Waals surface area contributed by atoms with Gasteiger partial charge in [-0.3, -0.25) is 15.1 Å². The van der Waals surface area contributed by atoms with Crippen LogP contribution in [0.15, 0.2) is 95.2 Å². The van der Waals surface area contributed by atoms with Crippen molar-refractivity contribution in [3.8, 4) is 11.6 Å². The normalized spacial score (nSPS) is 11.0. The summed E-state index contributed by atoms with van der Waals surface area (Å²) < 4.78 is 5.93. The molecular formula is C23H14N4O3S. The summed E-state index contributed by atoms with van der Waals surface area (Å²) in [5.41, 5.74) is 0.466. The minimum atomic E-state index is -0.513. The van der Waals surface area contributed by atoms with E-state index in [9.17, 15) is 10.1 Å². The molecule has 3 aromatic carbocycles. The van der Waals surface area contributed by atoms with Gasteiger partial charge in [-0.05, 0) is 23.6 Å². The first kappa shape index (κ1) is 19.0. The Bertz CT molecular complexity index is 1330. The first-order valence-corrected chi connectivity index (χ1v) is 10.2. The highest BCUT2D eigenvalue weighted by molar-refractivity contribution is 7.99. The minimum absolute atomic E-state index is 0.105. The van der Waals surface area contributed by atoms with Crippen LogP contribution in [0.1, 0.15) is 0 Å². The topological polar surface area (TPSA) is 91.0 Å². The molecule has 8 heteroatoms. The third kappa shape index (κ3) is 3.64. The van der Waals surface area contributed by atoms with Crippen LogP contribution in [0.5, 0.6) is 11.6 Å². The molecule has 0 spiro atoms. The van der Waals surface area contributed by atoms with Gasteiger partial charge in [-0.2, -0.15) is 4.98 Å². The van der Waals surface area contributed by atoms with Gasteiger partial charge in [0.15, 0.2) is 5.03 Å². The molecule has 0 amide bonds. The number of pyridine rings is 1. The van der Waals surface area contributed by atoms with Crippen LogP contribution < -0.4 is 4.74 Å². The second-order valence-electron chi connectivity index (χ2n) is 6.60. The van der Waals surface area contributed by atoms with E-state index < -0.39 is 4.92 Å². The molecule has 31 heavy (non-hydrogen) atoms. The Balaban J connectivity index is 1.59. The monoisotopic (exact) mass is 426 g/mol. The van der Waals surface area contributed by atoms with Crippen molar-refractivity contribution in [2.24, 2.45) is 0 Å². The smallest absolute Gasteiger partial charge is 0.363 e. The van der Waals surface area contributed by atoms with E-state index in [1.165, 1.54) is 18.1 Å². The van der Waals surface area contributed by atoms with E-state index in [0.717, 1.165) is 26.6 Å². The van der Waals surface area contributed by atoms with Crippen LogP contribution in [-0.4, -0.2) is 19.9 Å². The standard InChI is InChI=1S/C23H14N4O3S/c28-27(29)21-22(30-18-11-3-7-15-6-1-2-10-17(15)18)25-14-26-23(21)31-19-12-4-8-16-9-5-13-24-20(16)19/h1-14H. The van der Waals surface area contributed by atoms with Gasteiger partial charge in [0.2, 0.25) is 0 Å². The molecule has 0 bridgehead atoms. The van der Waals surface area contributed by atoms with E-state index in [1.807, 2.05) is 66.7 Å². The summed E-state index contributed by atoms with van der Waals surface area (Å²) in [7, 11) is 0. The maximum Gasteiger partial charge on any atom is 0.363 e. The predicted octanol–water partition coefficient (Wildman–Crippen LogP) is 6.03. The first-order valence-electron chi connectivity index (χ1n) is 9.37. The number of nitrogens with zero attached hydrogens (tertiary/aromatic N) is 4. The molecule has 0 aliphatic carbocycles. The van der Waals surface area contributed by atoms with Crippen LogP contribution in [0.4, 0.5) is 5.69 Å². The van der Waals surface area contributed by atoms with E-state index in [4.69, 9.17) is 4.74 Å². The summed E-state index contributed by atoms with van der Waals surface area (Å²) in [6.07, 6.45) is 2.96. The Morgan fingerprint density at radius 2 is 1.61 bits per heavy atom. The Morgan fingerprint density at radius 3 is 2.52 bits per heavy atom. The highest BCUT2D eigenvalue weighted by Gasteiger charge is 2.26. The largest absolute Gasteiger partial charge is 0.433 e. The zero-order chi connectivity index (χ0) is 21.2. The molecule has 7 nitrogen and oxygen atoms in total. The van der Waals surface area contributed by atoms with E-state index in [2.05, 4.69) is 15.0 Å². The van der Waals surface area contributed by atoms with Crippen LogP contribution in [-0.2, 0) is 0 Å². The summed E-state index contributed by atoms with van der Waals surface area (Å²) >= 11 is 1.17. The molecule has 0 fully saturated rings. The third-order valence-electron chi connectivity index (χ3n) is 4.70. The number of aromatic nitrogens is 3. The average Bonchev–Trinajstić information content (AvgIpc) is 2.79. The number of hydrogen-bond acceptors (Lipinski definition) is 7. The lowest BCUT2D eigenvalue weighted by Crippen LogP contribution is -2.00. The van der Waals surface area contributed by atoms with Crippen LogP contribution in [0.25, 0.3) is 21.7 Å². The van der Waals surface area contributed by atoms with Gasteiger partial charge in [0.25, 0.3) is 0 Å². The van der Waals surface area contributed by atoms with Crippen LogP contribution in [0.3, 0.4) is 0 Å². The lowest BCUT2D eigenvalue weighted by molar-refractivity contribution is -0.389. The fourth-order valence-corrected chi connectivity index (χ4v) is 4.29. The fraction of sp³-hybridized carbons (Fsp3) is 0. The van der Waals surface area contributed by atoms with E-state index in [1.54, 1.807) is 12.3 Å². The van der Waals surface area contributed by atoms with Gasteiger partial charge in [-0.1, -0.05) is 66.4 Å². The van der Waals surface area contributed by atoms with E-state index >= 15 is 0 Å². The van der Waals surface area contributed by atoms with Crippen molar-refractivity contribution >= 4 is 39.1 Å². The number of rotatable bonds is 5. The van der Waals surface area contributed by atoms with Crippen molar-refractivity contribution < 1.29 is 9.66 Å². The van der Waals surface area contributed by atoms with Gasteiger partial charge in [0.1, 0.15) is 12.1 Å². The Kier molecular flexibility index (Phi) is 4.89. The van der Waals surface area contributed by atoms with E-state index in [-0.39, 0.29) is 16.6 Å². The predicted molar refractivity (Wildman–Crippen MR) is 119 cm³/mol. The molecule has 0 radical (unpaired) electrons. The summed E-state index contributed by atoms with van der Waals surface area (Å²) in [4.78, 5) is 24.9. The molecule has 0 unspecified atom stereocenters. The summed E-state index contributed by atoms with van der Waals surface area (Å²) in [6.45, 7) is 0. The molecule has 2 aromatic heterocycles. The van der Waals surface area contributed by atoms with Crippen LogP contribution in [0, 0.1) is 10.1 Å². The molecule has 5 rings (SSSR count). The molecule has 5 aromatic rings. The van der Waals surface area contributed by atoms with Crippen molar-refractivity contribution in [1.29, 1.82) is 0 Å². The molecule has 0 aliphatic rings. The van der Waals surface area contributed by atoms with Crippen molar-refractivity contribution in [2.75, 3.05) is 0 Å². The van der Waals surface area contributed by atoms with Crippen molar-refractivity contribution in [3.63, 3.8) is 0 Å². The van der Waals surface area contributed by atoms with Gasteiger partial charge in [-0.15, -0.1) is 0 Å². The Hall–Kier alpha value is -4.04. The third-order valence-corrected chi connectivity index (χ3v) is 5.74. The Morgan fingerprint density at radius 1 is 0.839 bits per heavy atom. The summed E-state index contributed by atoms with van der Waals surface area (Å²) in [5.74, 6) is 0.384. The number of fused-ring (bicyclic) bond motifs is 2. The summed E-state index contributed by atoms with van der Waals surface area (Å²) in [5, 5.41) is 14.9. The molecule has 0 N–H and O–H groups in total. The first-order chi connectivity index (χ1) is 15.2. The van der Waals surface area contributed by atoms with E-state index in [0.29, 0.717) is 5.75 Å². The SMILES string of the molecule is O=[N+]([O-])c1c(Oc2cccc3ccccc23)ncnc1Sc1cccc2cccnc12. The highest BCUT2D eigenvalue weighted by atomic mass is 32.2. The van der Waals surface area contributed by atoms with Gasteiger partial charge in [0.05, 0.1) is 10.4 Å². The van der Waals surface area contributed by atoms with Gasteiger partial charge in [0, 0.05) is 21.9 Å². The lowest BCUT2D eigenvalue weighted by Gasteiger charge is -2.10. The molecule has 150 valence electrons. The number of ether oxygens (including phenoxy) is 1. The van der Waals surface area contributed by atoms with Crippen LogP contribution >= 0.6 is 11.8 Å². The zero-order valence-electron chi connectivity index (χ0n) is 16.0. The zero-order valence-corrected chi connectivity index (χ0v) is 16.8. The molecule has 0 aliphatic heterocycles.